The third-order valence-electron chi connectivity index (χ3n) is 2.90. The topological polar surface area (TPSA) is 68.2 Å². The van der Waals surface area contributed by atoms with E-state index in [0.29, 0.717) is 6.54 Å². The number of nitrogens with zero attached hydrogens (tertiary/aromatic N) is 2. The van der Waals surface area contributed by atoms with Gasteiger partial charge in [-0.15, -0.1) is 0 Å². The van der Waals surface area contributed by atoms with Gasteiger partial charge in [0.25, 0.3) is 0 Å². The van der Waals surface area contributed by atoms with Crippen LogP contribution >= 0.6 is 0 Å². The Bertz CT molecular complexity index is 607. The molecule has 0 fully saturated rings. The van der Waals surface area contributed by atoms with Gasteiger partial charge in [0.05, 0.1) is 25.0 Å². The average molecular weight is 274 g/mol. The molecule has 1 amide bonds. The summed E-state index contributed by atoms with van der Waals surface area (Å²) in [6.45, 7) is 2.10. The lowest BCUT2D eigenvalue weighted by Gasteiger charge is -2.13. The van der Waals surface area contributed by atoms with Crippen molar-refractivity contribution in [2.24, 2.45) is 7.05 Å². The zero-order valence-corrected chi connectivity index (χ0v) is 11.8. The molecule has 0 aliphatic carbocycles. The van der Waals surface area contributed by atoms with Crippen LogP contribution in [0.1, 0.15) is 12.6 Å². The fourth-order valence-electron chi connectivity index (χ4n) is 1.89. The van der Waals surface area contributed by atoms with Crippen molar-refractivity contribution in [2.75, 3.05) is 17.7 Å². The van der Waals surface area contributed by atoms with Gasteiger partial charge in [-0.1, -0.05) is 0 Å². The molecule has 1 aromatic heterocycles. The smallest absolute Gasteiger partial charge is 0.221 e. The average Bonchev–Trinajstić information content (AvgIpc) is 2.81. The third kappa shape index (κ3) is 3.28. The monoisotopic (exact) mass is 274 g/mol. The molecule has 0 unspecified atom stereocenters. The second-order valence-electron chi connectivity index (χ2n) is 4.40. The van der Waals surface area contributed by atoms with Crippen molar-refractivity contribution in [3.8, 4) is 5.75 Å². The fraction of sp³-hybridized carbons (Fsp3) is 0.286. The minimum atomic E-state index is -0.104. The highest BCUT2D eigenvalue weighted by molar-refractivity contribution is 5.89. The van der Waals surface area contributed by atoms with Crippen LogP contribution in [-0.2, 0) is 18.4 Å². The number of aromatic nitrogens is 2. The van der Waals surface area contributed by atoms with Crippen molar-refractivity contribution < 1.29 is 9.53 Å². The molecule has 6 heteroatoms. The molecular formula is C14H18N4O2. The highest BCUT2D eigenvalue weighted by Gasteiger charge is 2.06. The van der Waals surface area contributed by atoms with E-state index in [4.69, 9.17) is 4.74 Å². The van der Waals surface area contributed by atoms with Crippen LogP contribution in [0.4, 0.5) is 11.4 Å². The number of ether oxygens (including phenoxy) is 1. The number of methoxy groups -OCH3 is 1. The zero-order valence-electron chi connectivity index (χ0n) is 11.8. The Balaban J connectivity index is 2.15. The maximum Gasteiger partial charge on any atom is 0.221 e. The normalized spacial score (nSPS) is 10.2. The van der Waals surface area contributed by atoms with E-state index in [1.807, 2.05) is 25.2 Å². The molecule has 0 radical (unpaired) electrons. The molecule has 0 atom stereocenters. The van der Waals surface area contributed by atoms with E-state index < -0.39 is 0 Å². The van der Waals surface area contributed by atoms with E-state index >= 15 is 0 Å². The van der Waals surface area contributed by atoms with Gasteiger partial charge in [0.1, 0.15) is 5.75 Å². The number of hydrogen-bond donors (Lipinski definition) is 2. The summed E-state index contributed by atoms with van der Waals surface area (Å²) < 4.78 is 7.11. The van der Waals surface area contributed by atoms with Crippen LogP contribution in [0.25, 0.3) is 0 Å². The van der Waals surface area contributed by atoms with Crippen molar-refractivity contribution in [1.82, 2.24) is 9.78 Å². The molecule has 1 aromatic carbocycles. The first-order valence-corrected chi connectivity index (χ1v) is 6.26. The molecule has 0 aliphatic heterocycles. The number of carbonyl (C=O) groups excluding carboxylic acids is 1. The largest absolute Gasteiger partial charge is 0.495 e. The SMILES string of the molecule is COc1ccc(NC(C)=O)cc1NCc1ccnn1C. The molecule has 0 bridgehead atoms. The summed E-state index contributed by atoms with van der Waals surface area (Å²) in [5, 5.41) is 10.1. The number of anilines is 2. The summed E-state index contributed by atoms with van der Waals surface area (Å²) >= 11 is 0. The summed E-state index contributed by atoms with van der Waals surface area (Å²) in [6.07, 6.45) is 1.75. The molecule has 2 N–H and O–H groups in total. The van der Waals surface area contributed by atoms with Crippen LogP contribution in [0.3, 0.4) is 0 Å². The highest BCUT2D eigenvalue weighted by atomic mass is 16.5. The number of benzene rings is 1. The number of carbonyl (C=O) groups is 1. The van der Waals surface area contributed by atoms with Crippen molar-refractivity contribution in [1.29, 1.82) is 0 Å². The van der Waals surface area contributed by atoms with Gasteiger partial charge in [0.15, 0.2) is 0 Å². The third-order valence-corrected chi connectivity index (χ3v) is 2.90. The standard InChI is InChI=1S/C14H18N4O2/c1-10(19)17-11-4-5-14(20-3)13(8-11)15-9-12-6-7-16-18(12)2/h4-8,15H,9H2,1-3H3,(H,17,19). The second kappa shape index (κ2) is 6.10. The maximum atomic E-state index is 11.1. The summed E-state index contributed by atoms with van der Waals surface area (Å²) in [6, 6.07) is 7.40. The van der Waals surface area contributed by atoms with Gasteiger partial charge in [-0.05, 0) is 24.3 Å². The first-order valence-electron chi connectivity index (χ1n) is 6.26. The summed E-state index contributed by atoms with van der Waals surface area (Å²) in [5.74, 6) is 0.619. The van der Waals surface area contributed by atoms with E-state index in [2.05, 4.69) is 15.7 Å². The van der Waals surface area contributed by atoms with Gasteiger partial charge in [0.2, 0.25) is 5.91 Å². The van der Waals surface area contributed by atoms with E-state index in [0.717, 1.165) is 22.8 Å². The zero-order chi connectivity index (χ0) is 14.5. The Kier molecular flexibility index (Phi) is 4.24. The van der Waals surface area contributed by atoms with E-state index in [1.165, 1.54) is 6.92 Å². The van der Waals surface area contributed by atoms with Crippen LogP contribution in [0.5, 0.6) is 5.75 Å². The first kappa shape index (κ1) is 13.9. The molecule has 106 valence electrons. The van der Waals surface area contributed by atoms with Gasteiger partial charge in [-0.25, -0.2) is 0 Å². The van der Waals surface area contributed by atoms with Gasteiger partial charge in [-0.2, -0.15) is 5.10 Å². The molecule has 1 heterocycles. The Hall–Kier alpha value is -2.50. The van der Waals surface area contributed by atoms with Gasteiger partial charge in [-0.3, -0.25) is 9.48 Å². The molecule has 0 saturated carbocycles. The van der Waals surface area contributed by atoms with Gasteiger partial charge in [0, 0.05) is 25.9 Å². The minimum absolute atomic E-state index is 0.104. The van der Waals surface area contributed by atoms with Gasteiger partial charge < -0.3 is 15.4 Å². The van der Waals surface area contributed by atoms with Crippen molar-refractivity contribution >= 4 is 17.3 Å². The molecule has 20 heavy (non-hydrogen) atoms. The predicted molar refractivity (Wildman–Crippen MR) is 77.8 cm³/mol. The molecule has 0 aliphatic rings. The number of rotatable bonds is 5. The van der Waals surface area contributed by atoms with Crippen molar-refractivity contribution in [2.45, 2.75) is 13.5 Å². The second-order valence-corrected chi connectivity index (χ2v) is 4.40. The summed E-state index contributed by atoms with van der Waals surface area (Å²) in [5.41, 5.74) is 2.60. The fourth-order valence-corrected chi connectivity index (χ4v) is 1.89. The van der Waals surface area contributed by atoms with Crippen LogP contribution < -0.4 is 15.4 Å². The lowest BCUT2D eigenvalue weighted by Crippen LogP contribution is -2.08. The van der Waals surface area contributed by atoms with Crippen LogP contribution in [0, 0.1) is 0 Å². The number of aryl methyl sites for hydroxylation is 1. The molecule has 2 rings (SSSR count). The number of nitrogens with one attached hydrogen (secondary N) is 2. The molecule has 0 spiro atoms. The Morgan fingerprint density at radius 3 is 2.80 bits per heavy atom. The molecule has 2 aromatic rings. The van der Waals surface area contributed by atoms with Crippen LogP contribution in [0.15, 0.2) is 30.5 Å². The summed E-state index contributed by atoms with van der Waals surface area (Å²) in [4.78, 5) is 11.1. The van der Waals surface area contributed by atoms with E-state index in [-0.39, 0.29) is 5.91 Å². The number of hydrogen-bond acceptors (Lipinski definition) is 4. The van der Waals surface area contributed by atoms with Crippen LogP contribution in [-0.4, -0.2) is 22.8 Å². The predicted octanol–water partition coefficient (Wildman–Crippen LogP) is 2.00. The highest BCUT2D eigenvalue weighted by Crippen LogP contribution is 2.28. The van der Waals surface area contributed by atoms with Crippen LogP contribution in [0.2, 0.25) is 0 Å². The Labute approximate surface area is 117 Å². The maximum absolute atomic E-state index is 11.1. The number of amides is 1. The van der Waals surface area contributed by atoms with Crippen molar-refractivity contribution in [3.05, 3.63) is 36.2 Å². The molecule has 6 nitrogen and oxygen atoms in total. The van der Waals surface area contributed by atoms with E-state index in [1.54, 1.807) is 24.1 Å². The quantitative estimate of drug-likeness (QED) is 0.875. The van der Waals surface area contributed by atoms with E-state index in [9.17, 15) is 4.79 Å². The lowest BCUT2D eigenvalue weighted by atomic mass is 10.2. The first-order chi connectivity index (χ1) is 9.60. The molecular weight excluding hydrogens is 256 g/mol. The minimum Gasteiger partial charge on any atom is -0.495 e. The van der Waals surface area contributed by atoms with Gasteiger partial charge >= 0.3 is 0 Å². The lowest BCUT2D eigenvalue weighted by molar-refractivity contribution is -0.114. The van der Waals surface area contributed by atoms with Crippen molar-refractivity contribution in [3.63, 3.8) is 0 Å². The molecule has 0 saturated heterocycles. The summed E-state index contributed by atoms with van der Waals surface area (Å²) in [7, 11) is 3.50. The Morgan fingerprint density at radius 2 is 2.20 bits per heavy atom. The Morgan fingerprint density at radius 1 is 1.40 bits per heavy atom.